The summed E-state index contributed by atoms with van der Waals surface area (Å²) in [6.45, 7) is 0.120. The van der Waals surface area contributed by atoms with E-state index in [4.69, 9.17) is 18.6 Å². The molecule has 1 amide bonds. The second kappa shape index (κ2) is 9.12. The van der Waals surface area contributed by atoms with Gasteiger partial charge in [-0.1, -0.05) is 18.2 Å². The molecule has 8 heteroatoms. The first kappa shape index (κ1) is 22.0. The lowest BCUT2D eigenvalue weighted by Gasteiger charge is -2.27. The first-order valence-electron chi connectivity index (χ1n) is 10.2. The second-order valence-corrected chi connectivity index (χ2v) is 7.37. The molecule has 33 heavy (non-hydrogen) atoms. The number of benzene rings is 2. The Bertz CT molecular complexity index is 1200. The van der Waals surface area contributed by atoms with Crippen LogP contribution in [0.15, 0.2) is 76.6 Å². The number of carbonyl (C=O) groups is 2. The summed E-state index contributed by atoms with van der Waals surface area (Å²) < 4.78 is 21.1. The number of nitrogens with zero attached hydrogens (tertiary/aromatic N) is 1. The molecular weight excluding hydrogens is 426 g/mol. The van der Waals surface area contributed by atoms with Crippen molar-refractivity contribution in [3.8, 4) is 17.2 Å². The molecule has 4 rings (SSSR count). The van der Waals surface area contributed by atoms with Gasteiger partial charge in [0.1, 0.15) is 5.75 Å². The Morgan fingerprint density at radius 3 is 2.33 bits per heavy atom. The Morgan fingerprint density at radius 1 is 1.00 bits per heavy atom. The van der Waals surface area contributed by atoms with Crippen LogP contribution >= 0.6 is 0 Å². The molecule has 8 nitrogen and oxygen atoms in total. The third-order valence-corrected chi connectivity index (χ3v) is 5.53. The van der Waals surface area contributed by atoms with Crippen LogP contribution in [0.4, 0.5) is 0 Å². The van der Waals surface area contributed by atoms with Crippen LogP contribution in [-0.2, 0) is 11.3 Å². The van der Waals surface area contributed by atoms with Crippen molar-refractivity contribution in [2.24, 2.45) is 0 Å². The summed E-state index contributed by atoms with van der Waals surface area (Å²) in [6, 6.07) is 14.5. The minimum atomic E-state index is -0.825. The van der Waals surface area contributed by atoms with Gasteiger partial charge in [0.05, 0.1) is 39.2 Å². The molecule has 1 aliphatic rings. The molecule has 0 fully saturated rings. The molecule has 0 radical (unpaired) electrons. The first-order chi connectivity index (χ1) is 16.0. The molecule has 170 valence electrons. The number of methoxy groups -OCH3 is 3. The summed E-state index contributed by atoms with van der Waals surface area (Å²) in [5.74, 6) is -0.0841. The van der Waals surface area contributed by atoms with E-state index in [-0.39, 0.29) is 17.9 Å². The number of rotatable bonds is 8. The Kier molecular flexibility index (Phi) is 6.08. The number of Topliss-reactive ketones (excluding diaryl/α,β-unsaturated/α-hetero) is 1. The summed E-state index contributed by atoms with van der Waals surface area (Å²) in [7, 11) is 4.61. The average molecular weight is 449 g/mol. The number of carbonyl (C=O) groups excluding carboxylic acids is 2. The van der Waals surface area contributed by atoms with E-state index in [0.717, 1.165) is 5.56 Å². The number of ether oxygens (including phenoxy) is 3. The number of hydrogen-bond acceptors (Lipinski definition) is 7. The fourth-order valence-corrected chi connectivity index (χ4v) is 3.90. The highest BCUT2D eigenvalue weighted by Gasteiger charge is 2.44. The van der Waals surface area contributed by atoms with E-state index in [1.807, 2.05) is 0 Å². The maximum absolute atomic E-state index is 13.2. The van der Waals surface area contributed by atoms with Gasteiger partial charge < -0.3 is 28.6 Å². The monoisotopic (exact) mass is 449 g/mol. The standard InChI is InChI=1S/C25H23NO7/c1-30-17-9-7-16(8-10-17)22-21(23(27)19-5-4-12-33-19)24(28)25(29)26(22)14-15-6-11-18(31-2)20(13-15)32-3/h4-13,22,28H,14H2,1-3H3. The van der Waals surface area contributed by atoms with Crippen LogP contribution in [0.2, 0.25) is 0 Å². The third kappa shape index (κ3) is 4.03. The van der Waals surface area contributed by atoms with Crippen LogP contribution in [0.25, 0.3) is 0 Å². The molecule has 3 aromatic rings. The van der Waals surface area contributed by atoms with Gasteiger partial charge in [0, 0.05) is 6.54 Å². The lowest BCUT2D eigenvalue weighted by molar-refractivity contribution is -0.130. The third-order valence-electron chi connectivity index (χ3n) is 5.53. The highest BCUT2D eigenvalue weighted by molar-refractivity contribution is 6.15. The number of hydrogen-bond donors (Lipinski definition) is 1. The highest BCUT2D eigenvalue weighted by Crippen LogP contribution is 2.41. The zero-order chi connectivity index (χ0) is 23.5. The molecule has 0 saturated carbocycles. The predicted octanol–water partition coefficient (Wildman–Crippen LogP) is 4.08. The summed E-state index contributed by atoms with van der Waals surface area (Å²) >= 11 is 0. The van der Waals surface area contributed by atoms with Gasteiger partial charge >= 0.3 is 0 Å². The molecule has 0 aliphatic carbocycles. The molecule has 1 atom stereocenters. The van der Waals surface area contributed by atoms with E-state index in [1.165, 1.54) is 31.4 Å². The van der Waals surface area contributed by atoms with Crippen molar-refractivity contribution in [3.63, 3.8) is 0 Å². The van der Waals surface area contributed by atoms with Crippen molar-refractivity contribution in [1.82, 2.24) is 4.90 Å². The van der Waals surface area contributed by atoms with Gasteiger partial charge in [-0.15, -0.1) is 0 Å². The molecule has 0 saturated heterocycles. The maximum Gasteiger partial charge on any atom is 0.290 e. The molecule has 1 aliphatic heterocycles. The van der Waals surface area contributed by atoms with Gasteiger partial charge in [-0.2, -0.15) is 0 Å². The molecule has 1 N–H and O–H groups in total. The van der Waals surface area contributed by atoms with E-state index in [0.29, 0.717) is 22.8 Å². The van der Waals surface area contributed by atoms with E-state index in [1.54, 1.807) is 55.6 Å². The van der Waals surface area contributed by atoms with Crippen LogP contribution in [0, 0.1) is 0 Å². The minimum Gasteiger partial charge on any atom is -0.503 e. The van der Waals surface area contributed by atoms with Crippen molar-refractivity contribution in [2.75, 3.05) is 21.3 Å². The van der Waals surface area contributed by atoms with Gasteiger partial charge in [-0.05, 0) is 47.5 Å². The van der Waals surface area contributed by atoms with Gasteiger partial charge in [0.25, 0.3) is 5.91 Å². The highest BCUT2D eigenvalue weighted by atomic mass is 16.5. The molecular formula is C25H23NO7. The van der Waals surface area contributed by atoms with Crippen molar-refractivity contribution in [2.45, 2.75) is 12.6 Å². The topological polar surface area (TPSA) is 98.4 Å². The summed E-state index contributed by atoms with van der Waals surface area (Å²) in [5.41, 5.74) is 1.34. The number of ketones is 1. The van der Waals surface area contributed by atoms with Crippen LogP contribution in [0.1, 0.15) is 27.7 Å². The minimum absolute atomic E-state index is 0.0378. The van der Waals surface area contributed by atoms with Crippen LogP contribution in [0.5, 0.6) is 17.2 Å². The van der Waals surface area contributed by atoms with Gasteiger partial charge in [0.2, 0.25) is 5.78 Å². The number of aliphatic hydroxyl groups excluding tert-OH is 1. The predicted molar refractivity (Wildman–Crippen MR) is 119 cm³/mol. The first-order valence-corrected chi connectivity index (χ1v) is 10.2. The lowest BCUT2D eigenvalue weighted by Crippen LogP contribution is -2.30. The molecule has 2 aromatic carbocycles. The van der Waals surface area contributed by atoms with Crippen LogP contribution < -0.4 is 14.2 Å². The SMILES string of the molecule is COc1ccc(C2C(C(=O)c3ccco3)=C(O)C(=O)N2Cc2ccc(OC)c(OC)c2)cc1. The van der Waals surface area contributed by atoms with E-state index >= 15 is 0 Å². The number of aliphatic hydroxyl groups is 1. The molecule has 0 spiro atoms. The maximum atomic E-state index is 13.2. The van der Waals surface area contributed by atoms with Gasteiger partial charge in [0.15, 0.2) is 23.0 Å². The smallest absolute Gasteiger partial charge is 0.290 e. The van der Waals surface area contributed by atoms with Crippen molar-refractivity contribution < 1.29 is 33.3 Å². The number of amides is 1. The van der Waals surface area contributed by atoms with Crippen LogP contribution in [0.3, 0.4) is 0 Å². The lowest BCUT2D eigenvalue weighted by atomic mass is 9.94. The fraction of sp³-hybridized carbons (Fsp3) is 0.200. The summed E-state index contributed by atoms with van der Waals surface area (Å²) in [6.07, 6.45) is 1.37. The Hall–Kier alpha value is -4.20. The largest absolute Gasteiger partial charge is 0.503 e. The Morgan fingerprint density at radius 2 is 1.73 bits per heavy atom. The Labute approximate surface area is 190 Å². The van der Waals surface area contributed by atoms with Gasteiger partial charge in [-0.3, -0.25) is 9.59 Å². The molecule has 1 aromatic heterocycles. The van der Waals surface area contributed by atoms with Crippen LogP contribution in [-0.4, -0.2) is 43.0 Å². The molecule has 0 bridgehead atoms. The second-order valence-electron chi connectivity index (χ2n) is 7.37. The van der Waals surface area contributed by atoms with E-state index < -0.39 is 23.5 Å². The summed E-state index contributed by atoms with van der Waals surface area (Å²) in [4.78, 5) is 27.8. The normalized spacial score (nSPS) is 15.7. The average Bonchev–Trinajstić information content (AvgIpc) is 3.47. The van der Waals surface area contributed by atoms with Gasteiger partial charge in [-0.25, -0.2) is 0 Å². The quantitative estimate of drug-likeness (QED) is 0.517. The zero-order valence-corrected chi connectivity index (χ0v) is 18.4. The number of furan rings is 1. The van der Waals surface area contributed by atoms with Crippen molar-refractivity contribution in [3.05, 3.63) is 89.1 Å². The zero-order valence-electron chi connectivity index (χ0n) is 18.4. The van der Waals surface area contributed by atoms with E-state index in [2.05, 4.69) is 0 Å². The van der Waals surface area contributed by atoms with Crippen molar-refractivity contribution >= 4 is 11.7 Å². The molecule has 2 heterocycles. The fourth-order valence-electron chi connectivity index (χ4n) is 3.90. The van der Waals surface area contributed by atoms with E-state index in [9.17, 15) is 14.7 Å². The molecule has 1 unspecified atom stereocenters. The summed E-state index contributed by atoms with van der Waals surface area (Å²) in [5, 5.41) is 10.7. The van der Waals surface area contributed by atoms with Crippen molar-refractivity contribution in [1.29, 1.82) is 0 Å². The Balaban J connectivity index is 1.77.